The first-order valence-electron chi connectivity index (χ1n) is 5.19. The first kappa shape index (κ1) is 15.2. The molecule has 4 heteroatoms. The van der Waals surface area contributed by atoms with Gasteiger partial charge in [0.2, 0.25) is 0 Å². The Morgan fingerprint density at radius 3 is 2.07 bits per heavy atom. The molecule has 0 spiro atoms. The molecule has 0 atom stereocenters. The van der Waals surface area contributed by atoms with Crippen molar-refractivity contribution in [3.8, 4) is 0 Å². The van der Waals surface area contributed by atoms with Crippen molar-refractivity contribution in [2.24, 2.45) is 5.41 Å². The first-order valence-corrected chi connectivity index (χ1v) is 12.7. The molecule has 0 aliphatic heterocycles. The van der Waals surface area contributed by atoms with Crippen LogP contribution in [0.25, 0.3) is 0 Å². The molecule has 0 heterocycles. The van der Waals surface area contributed by atoms with Gasteiger partial charge in [0, 0.05) is 0 Å². The van der Waals surface area contributed by atoms with E-state index in [0.29, 0.717) is 6.42 Å². The van der Waals surface area contributed by atoms with Crippen LogP contribution in [0.1, 0.15) is 27.2 Å². The fourth-order valence-corrected chi connectivity index (χ4v) is 2.96. The van der Waals surface area contributed by atoms with Gasteiger partial charge in [0.25, 0.3) is 0 Å². The van der Waals surface area contributed by atoms with Crippen LogP contribution in [0.4, 0.5) is 0 Å². The first-order chi connectivity index (χ1) is 6.60. The molecule has 0 saturated heterocycles. The molecule has 3 nitrogen and oxygen atoms in total. The fourth-order valence-electron chi connectivity index (χ4n) is 1.08. The van der Waals surface area contributed by atoms with Gasteiger partial charge in [-0.25, -0.2) is 0 Å². The molecular formula is C11H26IN2O-. The van der Waals surface area contributed by atoms with Crippen molar-refractivity contribution in [1.82, 2.24) is 8.85 Å². The van der Waals surface area contributed by atoms with Crippen molar-refractivity contribution < 1.29 is 23.5 Å². The Kier molecular flexibility index (Phi) is 6.10. The molecule has 0 fully saturated rings. The van der Waals surface area contributed by atoms with Crippen LogP contribution >= 0.6 is 0 Å². The Bertz CT molecular complexity index is 204. The topological polar surface area (TPSA) is 41.1 Å². The van der Waals surface area contributed by atoms with Crippen molar-refractivity contribution in [1.29, 1.82) is 0 Å². The van der Waals surface area contributed by atoms with Crippen LogP contribution in [0.15, 0.2) is 0 Å². The van der Waals surface area contributed by atoms with Gasteiger partial charge in [-0.15, -0.1) is 0 Å². The zero-order valence-electron chi connectivity index (χ0n) is 10.9. The number of halogens is 1. The van der Waals surface area contributed by atoms with Crippen molar-refractivity contribution in [2.45, 2.75) is 27.2 Å². The summed E-state index contributed by atoms with van der Waals surface area (Å²) in [6.45, 7) is 7.88. The van der Waals surface area contributed by atoms with E-state index < -0.39 is 18.7 Å². The van der Waals surface area contributed by atoms with Crippen molar-refractivity contribution in [3.63, 3.8) is 0 Å². The number of carbonyl (C=O) groups excluding carboxylic acids is 1. The molecule has 2 N–H and O–H groups in total. The van der Waals surface area contributed by atoms with E-state index in [2.05, 4.69) is 44.4 Å². The summed E-state index contributed by atoms with van der Waals surface area (Å²) in [7, 11) is 0. The quantitative estimate of drug-likeness (QED) is 0.268. The molecule has 0 aromatic heterocycles. The van der Waals surface area contributed by atoms with Crippen LogP contribution in [-0.4, -0.2) is 33.8 Å². The summed E-state index contributed by atoms with van der Waals surface area (Å²) in [6.07, 6.45) is 0.601. The van der Waals surface area contributed by atoms with Crippen LogP contribution in [0.5, 0.6) is 0 Å². The Morgan fingerprint density at radius 2 is 1.67 bits per heavy atom. The van der Waals surface area contributed by atoms with Crippen LogP contribution in [0.3, 0.4) is 0 Å². The average Bonchev–Trinajstić information content (AvgIpc) is 1.92. The van der Waals surface area contributed by atoms with E-state index in [4.69, 9.17) is 0 Å². The van der Waals surface area contributed by atoms with Gasteiger partial charge in [-0.3, -0.25) is 0 Å². The number of carbonyl (C=O) groups is 1. The summed E-state index contributed by atoms with van der Waals surface area (Å²) >= 11 is -1.56. The van der Waals surface area contributed by atoms with Crippen molar-refractivity contribution >= 4 is 5.91 Å². The van der Waals surface area contributed by atoms with E-state index >= 15 is 0 Å². The summed E-state index contributed by atoms with van der Waals surface area (Å²) in [5.74, 6) is 0.157. The zero-order valence-corrected chi connectivity index (χ0v) is 13.1. The number of nitrogens with one attached hydrogen (secondary N) is 2. The third-order valence-corrected chi connectivity index (χ3v) is 4.46. The van der Waals surface area contributed by atoms with E-state index in [1.807, 2.05) is 0 Å². The molecule has 0 aliphatic rings. The van der Waals surface area contributed by atoms with E-state index in [9.17, 15) is 4.79 Å². The van der Waals surface area contributed by atoms with Crippen LogP contribution < -0.4 is 27.6 Å². The van der Waals surface area contributed by atoms with Crippen molar-refractivity contribution in [3.05, 3.63) is 0 Å². The van der Waals surface area contributed by atoms with Gasteiger partial charge in [-0.05, 0) is 0 Å². The molecule has 0 saturated carbocycles. The fraction of sp³-hybridized carbons (Fsp3) is 0.909. The van der Waals surface area contributed by atoms with Crippen molar-refractivity contribution in [2.75, 3.05) is 27.9 Å². The Balaban J connectivity index is 3.57. The standard InChI is InChI=1S/C11H26IN2O/c1-11(2,3)9-10(15)13-7-8-14-12(4,5)6/h14H,7-9H2,1-6H3,(H,13,15)/q-1. The number of hydrogen-bond acceptors (Lipinski definition) is 2. The molecular weight excluding hydrogens is 303 g/mol. The van der Waals surface area contributed by atoms with E-state index in [-0.39, 0.29) is 11.3 Å². The number of amides is 1. The predicted molar refractivity (Wildman–Crippen MR) is 62.9 cm³/mol. The van der Waals surface area contributed by atoms with Gasteiger partial charge in [-0.1, -0.05) is 0 Å². The van der Waals surface area contributed by atoms with Crippen LogP contribution in [0.2, 0.25) is 0 Å². The third-order valence-electron chi connectivity index (χ3n) is 1.63. The summed E-state index contributed by atoms with van der Waals surface area (Å²) in [6, 6.07) is 0. The second-order valence-corrected chi connectivity index (χ2v) is 16.1. The SMILES string of the molecule is CC(C)(C)CC(=O)NCCN[I-](C)(C)C. The van der Waals surface area contributed by atoms with E-state index in [1.54, 1.807) is 0 Å². The summed E-state index contributed by atoms with van der Waals surface area (Å²) in [4.78, 5) is 18.3. The maximum absolute atomic E-state index is 11.5. The summed E-state index contributed by atoms with van der Waals surface area (Å²) in [5, 5.41) is 2.94. The van der Waals surface area contributed by atoms with Gasteiger partial charge in [0.15, 0.2) is 0 Å². The van der Waals surface area contributed by atoms with Crippen LogP contribution in [-0.2, 0) is 4.79 Å². The molecule has 0 aromatic rings. The zero-order chi connectivity index (χ0) is 12.1. The summed E-state index contributed by atoms with van der Waals surface area (Å²) in [5.41, 5.74) is 0.0822. The Morgan fingerprint density at radius 1 is 1.13 bits per heavy atom. The van der Waals surface area contributed by atoms with E-state index in [1.165, 1.54) is 0 Å². The predicted octanol–water partition coefficient (Wildman–Crippen LogP) is -1.91. The third kappa shape index (κ3) is 12.1. The van der Waals surface area contributed by atoms with Gasteiger partial charge in [-0.2, -0.15) is 0 Å². The molecule has 15 heavy (non-hydrogen) atoms. The monoisotopic (exact) mass is 329 g/mol. The maximum atomic E-state index is 11.5. The average molecular weight is 329 g/mol. The molecule has 0 aromatic carbocycles. The molecule has 0 unspecified atom stereocenters. The number of hydrogen-bond donors (Lipinski definition) is 2. The van der Waals surface area contributed by atoms with Gasteiger partial charge in [0.1, 0.15) is 0 Å². The normalized spacial score (nSPS) is 13.7. The van der Waals surface area contributed by atoms with Crippen LogP contribution in [0, 0.1) is 5.41 Å². The number of rotatable bonds is 5. The molecule has 0 aliphatic carbocycles. The minimum absolute atomic E-state index is 0.0822. The molecule has 0 radical (unpaired) electrons. The van der Waals surface area contributed by atoms with Gasteiger partial charge >= 0.3 is 98.7 Å². The minimum atomic E-state index is -1.56. The second-order valence-electron chi connectivity index (χ2n) is 5.67. The number of alkyl halides is 3. The van der Waals surface area contributed by atoms with E-state index in [0.717, 1.165) is 13.1 Å². The molecule has 0 rings (SSSR count). The molecule has 0 bridgehead atoms. The Labute approximate surface area is 98.6 Å². The second kappa shape index (κ2) is 6.03. The van der Waals surface area contributed by atoms with Gasteiger partial charge < -0.3 is 0 Å². The Hall–Kier alpha value is 0.160. The summed E-state index contributed by atoms with van der Waals surface area (Å²) < 4.78 is 3.51. The van der Waals surface area contributed by atoms with Gasteiger partial charge in [0.05, 0.1) is 0 Å². The molecule has 94 valence electrons. The molecule has 1 amide bonds.